The normalized spacial score (nSPS) is 11.2. The fourth-order valence-electron chi connectivity index (χ4n) is 3.19. The van der Waals surface area contributed by atoms with Crippen molar-refractivity contribution in [2.45, 2.75) is 59.6 Å². The van der Waals surface area contributed by atoms with E-state index in [9.17, 15) is 0 Å². The molecular formula is C22H28N2O. The van der Waals surface area contributed by atoms with E-state index in [2.05, 4.69) is 61.7 Å². The average molecular weight is 336 g/mol. The van der Waals surface area contributed by atoms with Gasteiger partial charge in [0.15, 0.2) is 0 Å². The van der Waals surface area contributed by atoms with Gasteiger partial charge >= 0.3 is 0 Å². The van der Waals surface area contributed by atoms with Crippen LogP contribution in [-0.2, 0) is 13.2 Å². The Morgan fingerprint density at radius 1 is 1.00 bits per heavy atom. The quantitative estimate of drug-likeness (QED) is 0.485. The third-order valence-corrected chi connectivity index (χ3v) is 4.67. The van der Waals surface area contributed by atoms with Crippen LogP contribution in [0.15, 0.2) is 42.5 Å². The van der Waals surface area contributed by atoms with Gasteiger partial charge in [-0.3, -0.25) is 0 Å². The highest BCUT2D eigenvalue weighted by Gasteiger charge is 2.11. The van der Waals surface area contributed by atoms with Gasteiger partial charge in [0.1, 0.15) is 18.2 Å². The van der Waals surface area contributed by atoms with Crippen molar-refractivity contribution in [1.82, 2.24) is 9.55 Å². The summed E-state index contributed by atoms with van der Waals surface area (Å²) in [5.41, 5.74) is 4.64. The smallest absolute Gasteiger partial charge is 0.147 e. The van der Waals surface area contributed by atoms with Crippen molar-refractivity contribution < 1.29 is 4.74 Å². The molecule has 1 aromatic heterocycles. The second-order valence-electron chi connectivity index (χ2n) is 6.79. The topological polar surface area (TPSA) is 27.1 Å². The van der Waals surface area contributed by atoms with E-state index in [-0.39, 0.29) is 0 Å². The minimum absolute atomic E-state index is 0.507. The summed E-state index contributed by atoms with van der Waals surface area (Å²) < 4.78 is 8.45. The zero-order valence-electron chi connectivity index (χ0n) is 15.6. The average Bonchev–Trinajstić information content (AvgIpc) is 2.97. The van der Waals surface area contributed by atoms with E-state index in [1.807, 2.05) is 6.07 Å². The first-order chi connectivity index (χ1) is 12.2. The van der Waals surface area contributed by atoms with Crippen LogP contribution in [0.25, 0.3) is 11.0 Å². The summed E-state index contributed by atoms with van der Waals surface area (Å²) in [4.78, 5) is 4.82. The predicted molar refractivity (Wildman–Crippen MR) is 104 cm³/mol. The van der Waals surface area contributed by atoms with E-state index in [1.54, 1.807) is 0 Å². The van der Waals surface area contributed by atoms with E-state index in [1.165, 1.54) is 36.8 Å². The third-order valence-electron chi connectivity index (χ3n) is 4.67. The molecule has 0 bridgehead atoms. The van der Waals surface area contributed by atoms with Crippen LogP contribution in [0, 0.1) is 13.8 Å². The number of hydrogen-bond donors (Lipinski definition) is 0. The maximum absolute atomic E-state index is 6.12. The zero-order valence-corrected chi connectivity index (χ0v) is 15.6. The Kier molecular flexibility index (Phi) is 5.75. The van der Waals surface area contributed by atoms with Crippen molar-refractivity contribution in [2.75, 3.05) is 0 Å². The van der Waals surface area contributed by atoms with Crippen LogP contribution in [0.5, 0.6) is 5.75 Å². The molecule has 132 valence electrons. The van der Waals surface area contributed by atoms with Crippen molar-refractivity contribution in [1.29, 1.82) is 0 Å². The predicted octanol–water partition coefficient (Wildman–Crippen LogP) is 5.81. The lowest BCUT2D eigenvalue weighted by Crippen LogP contribution is -2.08. The minimum atomic E-state index is 0.507. The van der Waals surface area contributed by atoms with E-state index in [0.717, 1.165) is 29.2 Å². The van der Waals surface area contributed by atoms with E-state index in [4.69, 9.17) is 9.72 Å². The van der Waals surface area contributed by atoms with Crippen molar-refractivity contribution in [2.24, 2.45) is 0 Å². The number of hydrogen-bond acceptors (Lipinski definition) is 2. The number of imidazole rings is 1. The first-order valence-corrected chi connectivity index (χ1v) is 9.33. The summed E-state index contributed by atoms with van der Waals surface area (Å²) in [5, 5.41) is 0. The number of rotatable bonds is 8. The van der Waals surface area contributed by atoms with Gasteiger partial charge in [0.25, 0.3) is 0 Å². The lowest BCUT2D eigenvalue weighted by molar-refractivity contribution is 0.287. The van der Waals surface area contributed by atoms with Gasteiger partial charge in [-0.25, -0.2) is 4.98 Å². The molecule has 3 nitrogen and oxygen atoms in total. The molecule has 3 rings (SSSR count). The number of fused-ring (bicyclic) bond motifs is 1. The number of para-hydroxylation sites is 2. The molecule has 0 aliphatic rings. The van der Waals surface area contributed by atoms with Crippen LogP contribution < -0.4 is 4.74 Å². The van der Waals surface area contributed by atoms with Crippen LogP contribution in [0.1, 0.15) is 49.6 Å². The molecule has 25 heavy (non-hydrogen) atoms. The Bertz CT molecular complexity index is 835. The molecule has 0 aliphatic heterocycles. The van der Waals surface area contributed by atoms with Gasteiger partial charge in [-0.2, -0.15) is 0 Å². The largest absolute Gasteiger partial charge is 0.485 e. The summed E-state index contributed by atoms with van der Waals surface area (Å²) >= 11 is 0. The summed E-state index contributed by atoms with van der Waals surface area (Å²) in [6.07, 6.45) is 5.00. The van der Waals surface area contributed by atoms with Crippen LogP contribution >= 0.6 is 0 Å². The summed E-state index contributed by atoms with van der Waals surface area (Å²) in [6.45, 7) is 7.94. The first-order valence-electron chi connectivity index (χ1n) is 9.33. The Hall–Kier alpha value is -2.29. The first kappa shape index (κ1) is 17.5. The van der Waals surface area contributed by atoms with Crippen LogP contribution in [-0.4, -0.2) is 9.55 Å². The molecule has 0 unspecified atom stereocenters. The van der Waals surface area contributed by atoms with Gasteiger partial charge < -0.3 is 9.30 Å². The maximum Gasteiger partial charge on any atom is 0.147 e. The highest BCUT2D eigenvalue weighted by Crippen LogP contribution is 2.22. The summed E-state index contributed by atoms with van der Waals surface area (Å²) in [7, 11) is 0. The Morgan fingerprint density at radius 3 is 2.68 bits per heavy atom. The highest BCUT2D eigenvalue weighted by molar-refractivity contribution is 5.75. The van der Waals surface area contributed by atoms with Gasteiger partial charge in [0.2, 0.25) is 0 Å². The second kappa shape index (κ2) is 8.19. The molecule has 3 aromatic rings. The van der Waals surface area contributed by atoms with Gasteiger partial charge in [-0.15, -0.1) is 0 Å². The maximum atomic E-state index is 6.12. The number of nitrogens with zero attached hydrogens (tertiary/aromatic N) is 2. The molecule has 3 heteroatoms. The van der Waals surface area contributed by atoms with Crippen LogP contribution in [0.4, 0.5) is 0 Å². The molecule has 0 saturated carbocycles. The van der Waals surface area contributed by atoms with Crippen molar-refractivity contribution in [3.05, 3.63) is 59.4 Å². The summed E-state index contributed by atoms with van der Waals surface area (Å²) in [5.74, 6) is 1.96. The Morgan fingerprint density at radius 2 is 1.84 bits per heavy atom. The zero-order chi connectivity index (χ0) is 17.6. The molecule has 2 aromatic carbocycles. The molecule has 1 heterocycles. The molecule has 0 aliphatic carbocycles. The van der Waals surface area contributed by atoms with E-state index >= 15 is 0 Å². The van der Waals surface area contributed by atoms with Crippen molar-refractivity contribution in [3.8, 4) is 5.75 Å². The Balaban J connectivity index is 1.80. The second-order valence-corrected chi connectivity index (χ2v) is 6.79. The van der Waals surface area contributed by atoms with Gasteiger partial charge in [0, 0.05) is 6.54 Å². The van der Waals surface area contributed by atoms with E-state index < -0.39 is 0 Å². The number of ether oxygens (including phenoxy) is 1. The third kappa shape index (κ3) is 4.22. The molecular weight excluding hydrogens is 308 g/mol. The van der Waals surface area contributed by atoms with Gasteiger partial charge in [-0.05, 0) is 49.6 Å². The molecule has 0 radical (unpaired) electrons. The number of aromatic nitrogens is 2. The van der Waals surface area contributed by atoms with Crippen molar-refractivity contribution in [3.63, 3.8) is 0 Å². The highest BCUT2D eigenvalue weighted by atomic mass is 16.5. The van der Waals surface area contributed by atoms with Gasteiger partial charge in [0.05, 0.1) is 11.0 Å². The van der Waals surface area contributed by atoms with Crippen LogP contribution in [0.2, 0.25) is 0 Å². The lowest BCUT2D eigenvalue weighted by Gasteiger charge is -2.12. The van der Waals surface area contributed by atoms with Gasteiger partial charge in [-0.1, -0.05) is 50.5 Å². The SMILES string of the molecule is CCCCCCn1c(COc2cc(C)ccc2C)nc2ccccc21. The molecule has 0 saturated heterocycles. The standard InChI is InChI=1S/C22H28N2O/c1-4-5-6-9-14-24-20-11-8-7-10-19(20)23-22(24)16-25-21-15-17(2)12-13-18(21)3/h7-8,10-13,15H,4-6,9,14,16H2,1-3H3. The summed E-state index contributed by atoms with van der Waals surface area (Å²) in [6, 6.07) is 14.7. The van der Waals surface area contributed by atoms with E-state index in [0.29, 0.717) is 6.61 Å². The fraction of sp³-hybridized carbons (Fsp3) is 0.409. The monoisotopic (exact) mass is 336 g/mol. The fourth-order valence-corrected chi connectivity index (χ4v) is 3.19. The molecule has 0 atom stereocenters. The number of aryl methyl sites for hydroxylation is 3. The van der Waals surface area contributed by atoms with Crippen molar-refractivity contribution >= 4 is 11.0 Å². The molecule has 0 fully saturated rings. The number of unbranched alkanes of at least 4 members (excludes halogenated alkanes) is 3. The number of benzene rings is 2. The minimum Gasteiger partial charge on any atom is -0.485 e. The Labute approximate surface area is 150 Å². The molecule has 0 amide bonds. The molecule has 0 spiro atoms. The lowest BCUT2D eigenvalue weighted by atomic mass is 10.1. The van der Waals surface area contributed by atoms with Crippen LogP contribution in [0.3, 0.4) is 0 Å². The molecule has 0 N–H and O–H groups in total.